The molecule has 8 nitrogen and oxygen atoms in total. The van der Waals surface area contributed by atoms with Gasteiger partial charge in [-0.3, -0.25) is 13.9 Å². The van der Waals surface area contributed by atoms with E-state index in [9.17, 15) is 14.9 Å². The van der Waals surface area contributed by atoms with Crippen molar-refractivity contribution in [1.82, 2.24) is 14.1 Å². The Bertz CT molecular complexity index is 1270. The SMILES string of the molecule is Cc1c(C#N)c(N[C@@H]2CCN(c3cc(=O)n(C)c(=O)n3C)C2)nc2ccccc12. The van der Waals surface area contributed by atoms with Crippen LogP contribution in [0.15, 0.2) is 39.9 Å². The smallest absolute Gasteiger partial charge is 0.332 e. The van der Waals surface area contributed by atoms with Crippen LogP contribution in [0.4, 0.5) is 11.6 Å². The van der Waals surface area contributed by atoms with Crippen LogP contribution in [0.5, 0.6) is 0 Å². The summed E-state index contributed by atoms with van der Waals surface area (Å²) in [7, 11) is 3.14. The van der Waals surface area contributed by atoms with Gasteiger partial charge in [-0.05, 0) is 25.0 Å². The van der Waals surface area contributed by atoms with Crippen molar-refractivity contribution >= 4 is 22.5 Å². The molecule has 29 heavy (non-hydrogen) atoms. The van der Waals surface area contributed by atoms with Gasteiger partial charge in [0, 0.05) is 44.7 Å². The number of nitrogens with zero attached hydrogens (tertiary/aromatic N) is 5. The van der Waals surface area contributed by atoms with Crippen LogP contribution in [-0.2, 0) is 14.1 Å². The van der Waals surface area contributed by atoms with Crippen molar-refractivity contribution < 1.29 is 0 Å². The highest BCUT2D eigenvalue weighted by atomic mass is 16.2. The van der Waals surface area contributed by atoms with Crippen LogP contribution in [0.25, 0.3) is 10.9 Å². The zero-order chi connectivity index (χ0) is 20.7. The highest BCUT2D eigenvalue weighted by Crippen LogP contribution is 2.27. The highest BCUT2D eigenvalue weighted by Gasteiger charge is 2.26. The molecular weight excluding hydrogens is 368 g/mol. The minimum Gasteiger partial charge on any atom is -0.364 e. The van der Waals surface area contributed by atoms with Crippen molar-refractivity contribution in [1.29, 1.82) is 5.26 Å². The van der Waals surface area contributed by atoms with E-state index in [4.69, 9.17) is 0 Å². The van der Waals surface area contributed by atoms with E-state index in [1.807, 2.05) is 36.1 Å². The molecule has 0 spiro atoms. The molecule has 0 radical (unpaired) electrons. The van der Waals surface area contributed by atoms with Crippen LogP contribution >= 0.6 is 0 Å². The Morgan fingerprint density at radius 3 is 2.72 bits per heavy atom. The maximum absolute atomic E-state index is 12.2. The molecule has 1 aromatic carbocycles. The summed E-state index contributed by atoms with van der Waals surface area (Å²) in [6, 6.07) is 11.6. The van der Waals surface area contributed by atoms with Gasteiger partial charge in [-0.15, -0.1) is 0 Å². The number of nitriles is 1. The molecule has 1 fully saturated rings. The Labute approximate surface area is 167 Å². The maximum atomic E-state index is 12.2. The third-order valence-corrected chi connectivity index (χ3v) is 5.62. The molecule has 1 aliphatic heterocycles. The highest BCUT2D eigenvalue weighted by molar-refractivity contribution is 5.87. The third kappa shape index (κ3) is 3.14. The van der Waals surface area contributed by atoms with E-state index in [0.717, 1.165) is 27.5 Å². The molecule has 4 rings (SSSR count). The van der Waals surface area contributed by atoms with Crippen LogP contribution in [0.2, 0.25) is 0 Å². The molecule has 148 valence electrons. The molecular formula is C21H22N6O2. The van der Waals surface area contributed by atoms with E-state index in [1.54, 1.807) is 7.05 Å². The Morgan fingerprint density at radius 1 is 1.21 bits per heavy atom. The lowest BCUT2D eigenvalue weighted by Gasteiger charge is -2.22. The first-order valence-corrected chi connectivity index (χ1v) is 9.48. The van der Waals surface area contributed by atoms with Crippen molar-refractivity contribution in [2.24, 2.45) is 14.1 Å². The van der Waals surface area contributed by atoms with E-state index in [0.29, 0.717) is 30.3 Å². The fourth-order valence-electron chi connectivity index (χ4n) is 3.92. The van der Waals surface area contributed by atoms with Gasteiger partial charge in [-0.2, -0.15) is 5.26 Å². The molecule has 8 heteroatoms. The number of fused-ring (bicyclic) bond motifs is 1. The zero-order valence-electron chi connectivity index (χ0n) is 16.6. The number of aryl methyl sites for hydroxylation is 1. The zero-order valence-corrected chi connectivity index (χ0v) is 16.6. The second kappa shape index (κ2) is 7.09. The van der Waals surface area contributed by atoms with Crippen LogP contribution in [0.1, 0.15) is 17.5 Å². The summed E-state index contributed by atoms with van der Waals surface area (Å²) in [6.45, 7) is 3.25. The van der Waals surface area contributed by atoms with Crippen LogP contribution in [0, 0.1) is 18.3 Å². The number of hydrogen-bond donors (Lipinski definition) is 1. The Balaban J connectivity index is 1.63. The predicted molar refractivity (Wildman–Crippen MR) is 112 cm³/mol. The summed E-state index contributed by atoms with van der Waals surface area (Å²) in [5, 5.41) is 14.0. The van der Waals surface area contributed by atoms with E-state index < -0.39 is 0 Å². The number of rotatable bonds is 3. The minimum atomic E-state index is -0.345. The summed E-state index contributed by atoms with van der Waals surface area (Å²) in [5.41, 5.74) is 1.63. The maximum Gasteiger partial charge on any atom is 0.332 e. The summed E-state index contributed by atoms with van der Waals surface area (Å²) < 4.78 is 2.58. The van der Waals surface area contributed by atoms with Crippen molar-refractivity contribution in [2.75, 3.05) is 23.3 Å². The standard InChI is InChI=1S/C21H22N6O2/c1-13-15-6-4-5-7-17(15)24-20(16(13)11-22)23-14-8-9-27(12-14)18-10-19(28)26(3)21(29)25(18)2/h4-7,10,14H,8-9,12H2,1-3H3,(H,23,24)/t14-/m1/s1. The number of para-hydroxylation sites is 1. The molecule has 0 bridgehead atoms. The fraction of sp³-hybridized carbons (Fsp3) is 0.333. The van der Waals surface area contributed by atoms with Gasteiger partial charge in [0.15, 0.2) is 0 Å². The lowest BCUT2D eigenvalue weighted by Crippen LogP contribution is -2.40. The first-order chi connectivity index (χ1) is 13.9. The predicted octanol–water partition coefficient (Wildman–Crippen LogP) is 1.50. The average molecular weight is 390 g/mol. The normalized spacial score (nSPS) is 16.2. The Hall–Kier alpha value is -3.60. The van der Waals surface area contributed by atoms with Gasteiger partial charge < -0.3 is 10.2 Å². The van der Waals surface area contributed by atoms with Gasteiger partial charge in [-0.25, -0.2) is 9.78 Å². The Kier molecular flexibility index (Phi) is 4.59. The van der Waals surface area contributed by atoms with E-state index in [1.165, 1.54) is 17.7 Å². The summed E-state index contributed by atoms with van der Waals surface area (Å²) in [5.74, 6) is 1.18. The van der Waals surface area contributed by atoms with Crippen LogP contribution < -0.4 is 21.5 Å². The molecule has 2 aromatic heterocycles. The lowest BCUT2D eigenvalue weighted by molar-refractivity contribution is 0.672. The topological polar surface area (TPSA) is 96.0 Å². The summed E-state index contributed by atoms with van der Waals surface area (Å²) in [4.78, 5) is 31.0. The van der Waals surface area contributed by atoms with Crippen molar-refractivity contribution in [3.63, 3.8) is 0 Å². The number of hydrogen-bond acceptors (Lipinski definition) is 6. The van der Waals surface area contributed by atoms with Gasteiger partial charge in [-0.1, -0.05) is 18.2 Å². The molecule has 0 amide bonds. The van der Waals surface area contributed by atoms with Crippen LogP contribution in [-0.4, -0.2) is 33.2 Å². The Morgan fingerprint density at radius 2 is 1.97 bits per heavy atom. The summed E-state index contributed by atoms with van der Waals surface area (Å²) >= 11 is 0. The number of benzene rings is 1. The summed E-state index contributed by atoms with van der Waals surface area (Å²) in [6.07, 6.45) is 0.807. The largest absolute Gasteiger partial charge is 0.364 e. The number of pyridine rings is 1. The first-order valence-electron chi connectivity index (χ1n) is 9.48. The monoisotopic (exact) mass is 390 g/mol. The molecule has 1 saturated heterocycles. The second-order valence-corrected chi connectivity index (χ2v) is 7.41. The van der Waals surface area contributed by atoms with E-state index >= 15 is 0 Å². The van der Waals surface area contributed by atoms with Gasteiger partial charge in [0.05, 0.1) is 11.1 Å². The van der Waals surface area contributed by atoms with Gasteiger partial charge in [0.2, 0.25) is 0 Å². The van der Waals surface area contributed by atoms with Crippen molar-refractivity contribution in [3.8, 4) is 6.07 Å². The molecule has 3 aromatic rings. The third-order valence-electron chi connectivity index (χ3n) is 5.62. The lowest BCUT2D eigenvalue weighted by atomic mass is 10.0. The molecule has 1 aliphatic rings. The van der Waals surface area contributed by atoms with Crippen LogP contribution in [0.3, 0.4) is 0 Å². The van der Waals surface area contributed by atoms with E-state index in [-0.39, 0.29) is 17.3 Å². The number of anilines is 2. The van der Waals surface area contributed by atoms with Gasteiger partial charge >= 0.3 is 5.69 Å². The minimum absolute atomic E-state index is 0.0503. The second-order valence-electron chi connectivity index (χ2n) is 7.41. The average Bonchev–Trinajstić information content (AvgIpc) is 3.17. The molecule has 0 saturated carbocycles. The molecule has 0 aliphatic carbocycles. The molecule has 1 N–H and O–H groups in total. The number of nitrogens with one attached hydrogen (secondary N) is 1. The molecule has 0 unspecified atom stereocenters. The molecule has 1 atom stereocenters. The quantitative estimate of drug-likeness (QED) is 0.728. The van der Waals surface area contributed by atoms with Crippen molar-refractivity contribution in [3.05, 3.63) is 62.3 Å². The fourth-order valence-corrected chi connectivity index (χ4v) is 3.92. The first kappa shape index (κ1) is 18.7. The van der Waals surface area contributed by atoms with Gasteiger partial charge in [0.1, 0.15) is 17.7 Å². The van der Waals surface area contributed by atoms with Gasteiger partial charge in [0.25, 0.3) is 5.56 Å². The molecule has 3 heterocycles. The van der Waals surface area contributed by atoms with E-state index in [2.05, 4.69) is 16.4 Å². The number of aromatic nitrogens is 3. The van der Waals surface area contributed by atoms with Crippen molar-refractivity contribution in [2.45, 2.75) is 19.4 Å².